The van der Waals surface area contributed by atoms with Gasteiger partial charge in [0.15, 0.2) is 0 Å². The highest BCUT2D eigenvalue weighted by Gasteiger charge is 2.31. The predicted octanol–water partition coefficient (Wildman–Crippen LogP) is 6.01. The molecular formula is C30H28N2O4. The third-order valence-corrected chi connectivity index (χ3v) is 5.86. The highest BCUT2D eigenvalue weighted by Crippen LogP contribution is 2.44. The maximum absolute atomic E-state index is 12.4. The molecule has 0 aromatic heterocycles. The van der Waals surface area contributed by atoms with Gasteiger partial charge < -0.3 is 19.9 Å². The van der Waals surface area contributed by atoms with Crippen molar-refractivity contribution in [3.05, 3.63) is 107 Å². The molecule has 6 nitrogen and oxygen atoms in total. The zero-order chi connectivity index (χ0) is 25.5. The number of esters is 1. The number of carbonyl (C=O) groups is 1. The quantitative estimate of drug-likeness (QED) is 0.184. The van der Waals surface area contributed by atoms with Crippen LogP contribution in [0.1, 0.15) is 47.9 Å². The monoisotopic (exact) mass is 480 g/mol. The van der Waals surface area contributed by atoms with E-state index in [0.29, 0.717) is 23.7 Å². The summed E-state index contributed by atoms with van der Waals surface area (Å²) in [5, 5.41) is 9.83. The van der Waals surface area contributed by atoms with Gasteiger partial charge in [0.1, 0.15) is 28.9 Å². The maximum Gasteiger partial charge on any atom is 0.336 e. The summed E-state index contributed by atoms with van der Waals surface area (Å²) < 4.78 is 17.1. The van der Waals surface area contributed by atoms with Crippen molar-refractivity contribution in [1.82, 2.24) is 0 Å². The molecule has 1 heterocycles. The third-order valence-electron chi connectivity index (χ3n) is 5.86. The lowest BCUT2D eigenvalue weighted by Gasteiger charge is -2.27. The molecule has 1 atom stereocenters. The second-order valence-corrected chi connectivity index (χ2v) is 8.56. The Balaban J connectivity index is 1.57. The normalized spacial score (nSPS) is 14.6. The van der Waals surface area contributed by atoms with Gasteiger partial charge in [-0.3, -0.25) is 0 Å². The summed E-state index contributed by atoms with van der Waals surface area (Å²) in [6.07, 6.45) is 5.07. The van der Waals surface area contributed by atoms with Gasteiger partial charge >= 0.3 is 5.97 Å². The SMILES string of the molecule is CCCCOc1cccc(C2C(C#N)=C(N)Oc3cc(OC(=O)/C=C/c4ccc(C)cc4)ccc32)c1. The van der Waals surface area contributed by atoms with E-state index >= 15 is 0 Å². The molecule has 0 fully saturated rings. The molecule has 4 rings (SSSR count). The number of nitrogens with two attached hydrogens (primary N) is 1. The number of benzene rings is 3. The molecule has 0 amide bonds. The first-order valence-corrected chi connectivity index (χ1v) is 11.9. The van der Waals surface area contributed by atoms with Crippen molar-refractivity contribution in [1.29, 1.82) is 5.26 Å². The Morgan fingerprint density at radius 2 is 1.92 bits per heavy atom. The Hall–Kier alpha value is -4.50. The minimum absolute atomic E-state index is 0.0232. The number of hydrogen-bond acceptors (Lipinski definition) is 6. The highest BCUT2D eigenvalue weighted by atomic mass is 16.5. The van der Waals surface area contributed by atoms with Gasteiger partial charge in [0.2, 0.25) is 5.88 Å². The third kappa shape index (κ3) is 5.76. The van der Waals surface area contributed by atoms with Crippen LogP contribution in [-0.4, -0.2) is 12.6 Å². The zero-order valence-corrected chi connectivity index (χ0v) is 20.4. The first kappa shape index (κ1) is 24.6. The predicted molar refractivity (Wildman–Crippen MR) is 138 cm³/mol. The van der Waals surface area contributed by atoms with E-state index < -0.39 is 11.9 Å². The van der Waals surface area contributed by atoms with E-state index in [1.54, 1.807) is 24.3 Å². The molecule has 0 saturated heterocycles. The minimum atomic E-state index is -0.513. The molecule has 0 aliphatic carbocycles. The van der Waals surface area contributed by atoms with Crippen LogP contribution in [0.4, 0.5) is 0 Å². The summed E-state index contributed by atoms with van der Waals surface area (Å²) in [6.45, 7) is 4.74. The molecule has 1 aliphatic heterocycles. The first-order chi connectivity index (χ1) is 17.5. The molecule has 6 heteroatoms. The molecule has 1 aliphatic rings. The minimum Gasteiger partial charge on any atom is -0.494 e. The second-order valence-electron chi connectivity index (χ2n) is 8.56. The van der Waals surface area contributed by atoms with Crippen LogP contribution in [0, 0.1) is 18.3 Å². The molecule has 0 saturated carbocycles. The van der Waals surface area contributed by atoms with Crippen LogP contribution in [0.2, 0.25) is 0 Å². The van der Waals surface area contributed by atoms with Gasteiger partial charge in [-0.15, -0.1) is 0 Å². The van der Waals surface area contributed by atoms with Gasteiger partial charge in [-0.2, -0.15) is 5.26 Å². The van der Waals surface area contributed by atoms with Crippen molar-refractivity contribution in [2.24, 2.45) is 5.73 Å². The standard InChI is InChI=1S/C30H28N2O4/c1-3-4-16-34-23-7-5-6-22(17-23)29-25-14-13-24(18-27(25)36-30(32)26(29)19-31)35-28(33)15-12-21-10-8-20(2)9-11-21/h5-15,17-18,29H,3-4,16,32H2,1-2H3/b15-12+. The van der Waals surface area contributed by atoms with Crippen molar-refractivity contribution >= 4 is 12.0 Å². The van der Waals surface area contributed by atoms with E-state index in [-0.39, 0.29) is 5.88 Å². The Morgan fingerprint density at radius 3 is 2.67 bits per heavy atom. The van der Waals surface area contributed by atoms with E-state index in [1.165, 1.54) is 6.08 Å². The molecule has 0 radical (unpaired) electrons. The van der Waals surface area contributed by atoms with Crippen LogP contribution in [0.5, 0.6) is 17.2 Å². The summed E-state index contributed by atoms with van der Waals surface area (Å²) in [4.78, 5) is 12.4. The van der Waals surface area contributed by atoms with Crippen molar-refractivity contribution < 1.29 is 19.0 Å². The largest absolute Gasteiger partial charge is 0.494 e. The van der Waals surface area contributed by atoms with Crippen LogP contribution >= 0.6 is 0 Å². The Bertz CT molecular complexity index is 1350. The van der Waals surface area contributed by atoms with E-state index in [1.807, 2.05) is 55.5 Å². The lowest BCUT2D eigenvalue weighted by molar-refractivity contribution is -0.128. The first-order valence-electron chi connectivity index (χ1n) is 11.9. The number of rotatable bonds is 8. The van der Waals surface area contributed by atoms with Crippen molar-refractivity contribution in [3.63, 3.8) is 0 Å². The highest BCUT2D eigenvalue weighted by molar-refractivity contribution is 5.88. The van der Waals surface area contributed by atoms with E-state index in [2.05, 4.69) is 13.0 Å². The van der Waals surface area contributed by atoms with Gasteiger partial charge in [-0.05, 0) is 48.7 Å². The van der Waals surface area contributed by atoms with E-state index in [9.17, 15) is 10.1 Å². The van der Waals surface area contributed by atoms with Crippen molar-refractivity contribution in [2.45, 2.75) is 32.6 Å². The van der Waals surface area contributed by atoms with Gasteiger partial charge in [0.25, 0.3) is 0 Å². The van der Waals surface area contributed by atoms with Gasteiger partial charge in [-0.25, -0.2) is 4.79 Å². The number of aryl methyl sites for hydroxylation is 1. The molecule has 2 N–H and O–H groups in total. The summed E-state index contributed by atoms with van der Waals surface area (Å²) in [6, 6.07) is 22.7. The second kappa shape index (κ2) is 11.3. The smallest absolute Gasteiger partial charge is 0.336 e. The van der Waals surface area contributed by atoms with Gasteiger partial charge in [-0.1, -0.05) is 61.4 Å². The molecular weight excluding hydrogens is 452 g/mol. The summed E-state index contributed by atoms with van der Waals surface area (Å²) in [5.41, 5.74) is 10.1. The van der Waals surface area contributed by atoms with Crippen molar-refractivity contribution in [3.8, 4) is 23.3 Å². The van der Waals surface area contributed by atoms with Crippen LogP contribution in [-0.2, 0) is 4.79 Å². The molecule has 1 unspecified atom stereocenters. The Morgan fingerprint density at radius 1 is 1.11 bits per heavy atom. The Kier molecular flexibility index (Phi) is 7.72. The number of ether oxygens (including phenoxy) is 3. The van der Waals surface area contributed by atoms with Gasteiger partial charge in [0, 0.05) is 17.7 Å². The fourth-order valence-electron chi connectivity index (χ4n) is 3.95. The maximum atomic E-state index is 12.4. The summed E-state index contributed by atoms with van der Waals surface area (Å²) >= 11 is 0. The van der Waals surface area contributed by atoms with Gasteiger partial charge in [0.05, 0.1) is 12.5 Å². The number of nitrogens with zero attached hydrogens (tertiary/aromatic N) is 1. The van der Waals surface area contributed by atoms with Crippen LogP contribution in [0.15, 0.2) is 84.3 Å². The van der Waals surface area contributed by atoms with Crippen LogP contribution in [0.3, 0.4) is 0 Å². The number of fused-ring (bicyclic) bond motifs is 1. The number of unbranched alkanes of at least 4 members (excludes halogenated alkanes) is 1. The number of nitriles is 1. The number of hydrogen-bond donors (Lipinski definition) is 1. The Labute approximate surface area is 211 Å². The molecule has 36 heavy (non-hydrogen) atoms. The van der Waals surface area contributed by atoms with E-state index in [4.69, 9.17) is 19.9 Å². The molecule has 182 valence electrons. The van der Waals surface area contributed by atoms with E-state index in [0.717, 1.165) is 40.8 Å². The summed E-state index contributed by atoms with van der Waals surface area (Å²) in [7, 11) is 0. The molecule has 0 bridgehead atoms. The molecule has 3 aromatic rings. The number of allylic oxidation sites excluding steroid dienone is 1. The topological polar surface area (TPSA) is 94.6 Å². The fraction of sp³-hybridized carbons (Fsp3) is 0.200. The summed E-state index contributed by atoms with van der Waals surface area (Å²) in [5.74, 6) is 0.559. The average molecular weight is 481 g/mol. The fourth-order valence-corrected chi connectivity index (χ4v) is 3.95. The van der Waals surface area contributed by atoms with Crippen LogP contribution < -0.4 is 19.9 Å². The zero-order valence-electron chi connectivity index (χ0n) is 20.4. The lowest BCUT2D eigenvalue weighted by atomic mass is 9.83. The lowest BCUT2D eigenvalue weighted by Crippen LogP contribution is -2.21. The van der Waals surface area contributed by atoms with Crippen LogP contribution in [0.25, 0.3) is 6.08 Å². The number of carbonyl (C=O) groups excluding carboxylic acids is 1. The molecule has 0 spiro atoms. The average Bonchev–Trinajstić information content (AvgIpc) is 2.88. The molecule has 3 aromatic carbocycles. The van der Waals surface area contributed by atoms with Crippen molar-refractivity contribution in [2.75, 3.05) is 6.61 Å².